The number of carbonyl (C=O) groups excluding carboxylic acids is 1. The Morgan fingerprint density at radius 1 is 1.30 bits per heavy atom. The van der Waals surface area contributed by atoms with Crippen molar-refractivity contribution in [2.45, 2.75) is 25.3 Å². The number of carbonyl (C=O) groups is 2. The van der Waals surface area contributed by atoms with Crippen LogP contribution in [0.3, 0.4) is 0 Å². The third-order valence-electron chi connectivity index (χ3n) is 2.79. The van der Waals surface area contributed by atoms with Gasteiger partial charge in [-0.2, -0.15) is 0 Å². The summed E-state index contributed by atoms with van der Waals surface area (Å²) in [5.41, 5.74) is 11.3. The van der Waals surface area contributed by atoms with Crippen LogP contribution in [0.5, 0.6) is 5.75 Å². The molecule has 0 bridgehead atoms. The summed E-state index contributed by atoms with van der Waals surface area (Å²) < 4.78 is 5.46. The molecule has 0 aliphatic rings. The van der Waals surface area contributed by atoms with Gasteiger partial charge in [-0.25, -0.2) is 0 Å². The standard InChI is InChI=1S/C14H20N4O4.ClH/c15-11(13(20)21)8-9-3-5-10(6-4-9)22-7-1-2-12(19)18-14(16)17;/h3-6,11H,1-2,7-8,15H2,(H,20,21)(H4,16,17,18,19);1H/t11-;/m0./s1. The lowest BCUT2D eigenvalue weighted by Crippen LogP contribution is -2.35. The molecule has 1 atom stereocenters. The van der Waals surface area contributed by atoms with Crippen LogP contribution in [0.15, 0.2) is 24.3 Å². The summed E-state index contributed by atoms with van der Waals surface area (Å²) in [6, 6.07) is 6.02. The number of aliphatic carboxylic acids is 1. The topological polar surface area (TPSA) is 152 Å². The summed E-state index contributed by atoms with van der Waals surface area (Å²) in [6.45, 7) is 0.347. The maximum absolute atomic E-state index is 11.2. The Balaban J connectivity index is 0.00000484. The van der Waals surface area contributed by atoms with Gasteiger partial charge in [0.25, 0.3) is 0 Å². The van der Waals surface area contributed by atoms with Crippen LogP contribution < -0.4 is 21.5 Å². The minimum absolute atomic E-state index is 0. The molecule has 0 unspecified atom stereocenters. The molecule has 0 aromatic heterocycles. The SMILES string of the molecule is Cl.N=C(N)NC(=O)CCCOc1ccc(C[C@H](N)C(=O)O)cc1. The van der Waals surface area contributed by atoms with Gasteiger partial charge in [-0.15, -0.1) is 12.4 Å². The van der Waals surface area contributed by atoms with Gasteiger partial charge in [0.05, 0.1) is 6.61 Å². The van der Waals surface area contributed by atoms with Crippen LogP contribution in [0, 0.1) is 5.41 Å². The lowest BCUT2D eigenvalue weighted by Gasteiger charge is -2.09. The molecule has 1 aromatic carbocycles. The van der Waals surface area contributed by atoms with Crippen LogP contribution in [0.4, 0.5) is 0 Å². The second-order valence-corrected chi connectivity index (χ2v) is 4.71. The fraction of sp³-hybridized carbons (Fsp3) is 0.357. The molecule has 7 N–H and O–H groups in total. The van der Waals surface area contributed by atoms with Gasteiger partial charge < -0.3 is 21.3 Å². The number of halogens is 1. The van der Waals surface area contributed by atoms with Crippen LogP contribution >= 0.6 is 12.4 Å². The largest absolute Gasteiger partial charge is 0.494 e. The molecule has 0 radical (unpaired) electrons. The number of guanidine groups is 1. The third kappa shape index (κ3) is 8.64. The monoisotopic (exact) mass is 344 g/mol. The van der Waals surface area contributed by atoms with Crippen molar-refractivity contribution in [3.8, 4) is 5.75 Å². The van der Waals surface area contributed by atoms with Crippen LogP contribution in [0.25, 0.3) is 0 Å². The number of hydrogen-bond acceptors (Lipinski definition) is 5. The number of nitrogens with two attached hydrogens (primary N) is 2. The minimum Gasteiger partial charge on any atom is -0.494 e. The van der Waals surface area contributed by atoms with E-state index in [1.54, 1.807) is 24.3 Å². The van der Waals surface area contributed by atoms with Crippen molar-refractivity contribution in [2.24, 2.45) is 11.5 Å². The molecule has 0 aliphatic carbocycles. The van der Waals surface area contributed by atoms with E-state index in [2.05, 4.69) is 5.32 Å². The highest BCUT2D eigenvalue weighted by Gasteiger charge is 2.11. The van der Waals surface area contributed by atoms with E-state index in [0.29, 0.717) is 18.8 Å². The molecular formula is C14H21ClN4O4. The zero-order chi connectivity index (χ0) is 16.5. The number of benzene rings is 1. The van der Waals surface area contributed by atoms with E-state index >= 15 is 0 Å². The number of rotatable bonds is 8. The Kier molecular flexibility index (Phi) is 9.36. The van der Waals surface area contributed by atoms with E-state index in [0.717, 1.165) is 5.56 Å². The number of nitrogens with one attached hydrogen (secondary N) is 2. The van der Waals surface area contributed by atoms with Gasteiger partial charge in [-0.05, 0) is 30.5 Å². The fourth-order valence-electron chi connectivity index (χ4n) is 1.70. The molecule has 9 heteroatoms. The first-order valence-electron chi connectivity index (χ1n) is 6.72. The molecule has 0 spiro atoms. The average molecular weight is 345 g/mol. The van der Waals surface area contributed by atoms with Crippen LogP contribution in [0.1, 0.15) is 18.4 Å². The Morgan fingerprint density at radius 3 is 2.43 bits per heavy atom. The van der Waals surface area contributed by atoms with E-state index in [9.17, 15) is 9.59 Å². The first kappa shape index (κ1) is 20.7. The van der Waals surface area contributed by atoms with Gasteiger partial charge in [-0.1, -0.05) is 12.1 Å². The number of carboxylic acids is 1. The third-order valence-corrected chi connectivity index (χ3v) is 2.79. The number of hydrogen-bond donors (Lipinski definition) is 5. The zero-order valence-corrected chi connectivity index (χ0v) is 13.3. The normalized spacial score (nSPS) is 11.0. The lowest BCUT2D eigenvalue weighted by atomic mass is 10.1. The molecule has 0 fully saturated rings. The summed E-state index contributed by atoms with van der Waals surface area (Å²) in [5.74, 6) is -1.11. The maximum Gasteiger partial charge on any atom is 0.320 e. The first-order chi connectivity index (χ1) is 10.4. The van der Waals surface area contributed by atoms with E-state index in [4.69, 9.17) is 26.7 Å². The van der Waals surface area contributed by atoms with Gasteiger partial charge in [-0.3, -0.25) is 20.3 Å². The van der Waals surface area contributed by atoms with Crippen molar-refractivity contribution in [1.29, 1.82) is 5.41 Å². The molecule has 1 rings (SSSR count). The van der Waals surface area contributed by atoms with Crippen molar-refractivity contribution in [1.82, 2.24) is 5.32 Å². The molecule has 1 amide bonds. The van der Waals surface area contributed by atoms with Gasteiger partial charge >= 0.3 is 5.97 Å². The summed E-state index contributed by atoms with van der Waals surface area (Å²) in [7, 11) is 0. The number of carboxylic acid groups (broad SMARTS) is 1. The second-order valence-electron chi connectivity index (χ2n) is 4.71. The van der Waals surface area contributed by atoms with E-state index in [1.165, 1.54) is 0 Å². The zero-order valence-electron chi connectivity index (χ0n) is 12.5. The highest BCUT2D eigenvalue weighted by atomic mass is 35.5. The maximum atomic E-state index is 11.2. The molecule has 0 aliphatic heterocycles. The van der Waals surface area contributed by atoms with Crippen molar-refractivity contribution >= 4 is 30.2 Å². The van der Waals surface area contributed by atoms with E-state index < -0.39 is 12.0 Å². The quantitative estimate of drug-likeness (QED) is 0.258. The van der Waals surface area contributed by atoms with Gasteiger partial charge in [0.15, 0.2) is 5.96 Å². The van der Waals surface area contributed by atoms with E-state index in [-0.39, 0.29) is 37.1 Å². The number of ether oxygens (including phenoxy) is 1. The predicted molar refractivity (Wildman–Crippen MR) is 87.8 cm³/mol. The van der Waals surface area contributed by atoms with Gasteiger partial charge in [0.2, 0.25) is 5.91 Å². The molecule has 23 heavy (non-hydrogen) atoms. The highest BCUT2D eigenvalue weighted by Crippen LogP contribution is 2.13. The molecule has 0 heterocycles. The van der Waals surface area contributed by atoms with Crippen LogP contribution in [-0.2, 0) is 16.0 Å². The molecule has 0 saturated heterocycles. The van der Waals surface area contributed by atoms with Crippen LogP contribution in [0.2, 0.25) is 0 Å². The van der Waals surface area contributed by atoms with Gasteiger partial charge in [0.1, 0.15) is 11.8 Å². The van der Waals surface area contributed by atoms with Crippen molar-refractivity contribution in [2.75, 3.05) is 6.61 Å². The summed E-state index contributed by atoms with van der Waals surface area (Å²) >= 11 is 0. The van der Waals surface area contributed by atoms with Crippen molar-refractivity contribution in [3.63, 3.8) is 0 Å². The van der Waals surface area contributed by atoms with Crippen molar-refractivity contribution in [3.05, 3.63) is 29.8 Å². The van der Waals surface area contributed by atoms with Crippen molar-refractivity contribution < 1.29 is 19.4 Å². The first-order valence-corrected chi connectivity index (χ1v) is 6.72. The van der Waals surface area contributed by atoms with Crippen LogP contribution in [-0.4, -0.2) is 35.6 Å². The Bertz CT molecular complexity index is 536. The van der Waals surface area contributed by atoms with E-state index in [1.807, 2.05) is 0 Å². The molecular weight excluding hydrogens is 324 g/mol. The minimum atomic E-state index is -1.04. The molecule has 8 nitrogen and oxygen atoms in total. The predicted octanol–water partition coefficient (Wildman–Crippen LogP) is 0.231. The molecule has 128 valence electrons. The number of amides is 1. The average Bonchev–Trinajstić information content (AvgIpc) is 2.44. The summed E-state index contributed by atoms with van der Waals surface area (Å²) in [6.07, 6.45) is 0.955. The Morgan fingerprint density at radius 2 is 1.91 bits per heavy atom. The highest BCUT2D eigenvalue weighted by molar-refractivity contribution is 5.94. The van der Waals surface area contributed by atoms with Gasteiger partial charge in [0, 0.05) is 6.42 Å². The lowest BCUT2D eigenvalue weighted by molar-refractivity contribution is -0.138. The molecule has 0 saturated carbocycles. The smallest absolute Gasteiger partial charge is 0.320 e. The summed E-state index contributed by atoms with van der Waals surface area (Å²) in [4.78, 5) is 21.9. The Hall–Kier alpha value is -2.32. The Labute approximate surface area is 140 Å². The molecule has 1 aromatic rings. The fourth-order valence-corrected chi connectivity index (χ4v) is 1.70. The summed E-state index contributed by atoms with van der Waals surface area (Å²) in [5, 5.41) is 17.8. The second kappa shape index (κ2) is 10.4.